The fourth-order valence-electron chi connectivity index (χ4n) is 0.703. The minimum Gasteiger partial charge on any atom is -0.222 e. The molecule has 0 unspecified atom stereocenters. The van der Waals surface area contributed by atoms with Crippen LogP contribution >= 0.6 is 0 Å². The molecule has 1 heterocycles. The average Bonchev–Trinajstić information content (AvgIpc) is 2.13. The lowest BCUT2D eigenvalue weighted by Gasteiger charge is -1.99. The largest absolute Gasteiger partial charge is 0.222 e. The van der Waals surface area contributed by atoms with E-state index in [1.807, 2.05) is 24.7 Å². The summed E-state index contributed by atoms with van der Waals surface area (Å²) < 4.78 is 1.83. The lowest BCUT2D eigenvalue weighted by atomic mass is 10.4. The van der Waals surface area contributed by atoms with Crippen LogP contribution < -0.4 is 10.5 Å². The van der Waals surface area contributed by atoms with Crippen molar-refractivity contribution in [3.63, 3.8) is 0 Å². The number of hydrogen-bond donors (Lipinski definition) is 1. The van der Waals surface area contributed by atoms with Crippen molar-refractivity contribution in [3.05, 3.63) is 12.4 Å². The maximum atomic E-state index is 5.41. The van der Waals surface area contributed by atoms with Gasteiger partial charge in [0.2, 0.25) is 0 Å². The smallest absolute Gasteiger partial charge is 0.163 e. The summed E-state index contributed by atoms with van der Waals surface area (Å²) in [7, 11) is 0. The summed E-state index contributed by atoms with van der Waals surface area (Å²) in [5.41, 5.74) is 0. The maximum absolute atomic E-state index is 5.41. The normalized spacial score (nSPS) is 10.6. The predicted molar refractivity (Wildman–Crippen MR) is 33.0 cm³/mol. The van der Waals surface area contributed by atoms with Crippen LogP contribution in [-0.2, 0) is 0 Å². The molecule has 0 spiro atoms. The van der Waals surface area contributed by atoms with E-state index in [1.165, 1.54) is 4.91 Å². The highest BCUT2D eigenvalue weighted by Crippen LogP contribution is 1.85. The first-order chi connectivity index (χ1) is 4.22. The van der Waals surface area contributed by atoms with Gasteiger partial charge in [0.05, 0.1) is 6.04 Å². The molecule has 0 radical (unpaired) electrons. The molecule has 0 bridgehead atoms. The molecule has 0 amide bonds. The molecular weight excluding hydrogens is 116 g/mol. The molecule has 1 aromatic rings. The predicted octanol–water partition coefficient (Wildman–Crippen LogP) is -0.535. The van der Waals surface area contributed by atoms with Crippen molar-refractivity contribution in [3.8, 4) is 0 Å². The van der Waals surface area contributed by atoms with Crippen LogP contribution in [0.4, 0.5) is 0 Å². The molecule has 0 saturated carbocycles. The van der Waals surface area contributed by atoms with Crippen molar-refractivity contribution < 1.29 is 4.68 Å². The summed E-state index contributed by atoms with van der Waals surface area (Å²) in [5.74, 6) is 5.41. The molecule has 0 aliphatic heterocycles. The monoisotopic (exact) mass is 127 g/mol. The Labute approximate surface area is 53.8 Å². The number of nitrogens with two attached hydrogens (primary N) is 1. The molecule has 1 aromatic heterocycles. The van der Waals surface area contributed by atoms with E-state index in [-0.39, 0.29) is 0 Å². The van der Waals surface area contributed by atoms with E-state index in [4.69, 9.17) is 5.84 Å². The standard InChI is InChI=1S/C5H11N4/c1-5(2)8-4-3-7-9(8)6/h3-5H,1-2H3,(H2,6,7)/q+1. The molecule has 0 aliphatic carbocycles. The van der Waals surface area contributed by atoms with E-state index in [9.17, 15) is 0 Å². The molecule has 0 saturated heterocycles. The summed E-state index contributed by atoms with van der Waals surface area (Å²) in [6, 6.07) is 0.373. The summed E-state index contributed by atoms with van der Waals surface area (Å²) >= 11 is 0. The number of aromatic nitrogens is 3. The fourth-order valence-corrected chi connectivity index (χ4v) is 0.703. The van der Waals surface area contributed by atoms with Crippen LogP contribution in [0.5, 0.6) is 0 Å². The van der Waals surface area contributed by atoms with Gasteiger partial charge in [-0.05, 0) is 13.8 Å². The second-order valence-electron chi connectivity index (χ2n) is 2.21. The Morgan fingerprint density at radius 1 is 1.67 bits per heavy atom. The summed E-state index contributed by atoms with van der Waals surface area (Å²) in [5, 5.41) is 3.80. The first kappa shape index (κ1) is 6.07. The topological polar surface area (TPSA) is 47.7 Å². The van der Waals surface area contributed by atoms with Gasteiger partial charge in [-0.2, -0.15) is 4.68 Å². The van der Waals surface area contributed by atoms with Crippen molar-refractivity contribution in [2.45, 2.75) is 19.9 Å². The molecular formula is C5H11N4+. The first-order valence-corrected chi connectivity index (χ1v) is 2.92. The zero-order chi connectivity index (χ0) is 6.85. The summed E-state index contributed by atoms with van der Waals surface area (Å²) in [4.78, 5) is 1.32. The minimum atomic E-state index is 0.373. The molecule has 4 nitrogen and oxygen atoms in total. The Morgan fingerprint density at radius 2 is 2.33 bits per heavy atom. The molecule has 0 aromatic carbocycles. The van der Waals surface area contributed by atoms with Gasteiger partial charge in [-0.15, -0.1) is 0 Å². The van der Waals surface area contributed by atoms with Gasteiger partial charge in [-0.1, -0.05) is 0 Å². The van der Waals surface area contributed by atoms with E-state index >= 15 is 0 Å². The van der Waals surface area contributed by atoms with Crippen LogP contribution in [-0.4, -0.2) is 10.0 Å². The molecule has 9 heavy (non-hydrogen) atoms. The summed E-state index contributed by atoms with van der Waals surface area (Å²) in [6.07, 6.45) is 3.50. The van der Waals surface area contributed by atoms with Crippen LogP contribution in [0.15, 0.2) is 12.4 Å². The van der Waals surface area contributed by atoms with Crippen LogP contribution in [0, 0.1) is 0 Å². The third-order valence-corrected chi connectivity index (χ3v) is 1.17. The van der Waals surface area contributed by atoms with Crippen molar-refractivity contribution in [1.82, 2.24) is 10.0 Å². The Balaban J connectivity index is 2.94. The van der Waals surface area contributed by atoms with Crippen molar-refractivity contribution in [2.75, 3.05) is 5.84 Å². The van der Waals surface area contributed by atoms with Gasteiger partial charge in [0, 0.05) is 10.0 Å². The highest BCUT2D eigenvalue weighted by molar-refractivity contribution is 4.51. The molecule has 0 fully saturated rings. The van der Waals surface area contributed by atoms with Gasteiger partial charge in [0.1, 0.15) is 6.20 Å². The number of nitrogen functional groups attached to an aromatic ring is 1. The molecule has 50 valence electrons. The van der Waals surface area contributed by atoms with E-state index < -0.39 is 0 Å². The maximum Gasteiger partial charge on any atom is 0.163 e. The molecule has 0 aliphatic rings. The van der Waals surface area contributed by atoms with Crippen molar-refractivity contribution >= 4 is 0 Å². The third-order valence-electron chi connectivity index (χ3n) is 1.17. The number of hydrogen-bond acceptors (Lipinski definition) is 2. The zero-order valence-electron chi connectivity index (χ0n) is 5.65. The van der Waals surface area contributed by atoms with E-state index in [0.717, 1.165) is 0 Å². The molecule has 1 rings (SSSR count). The van der Waals surface area contributed by atoms with Crippen LogP contribution in [0.25, 0.3) is 0 Å². The van der Waals surface area contributed by atoms with Gasteiger partial charge in [-0.3, -0.25) is 0 Å². The number of rotatable bonds is 1. The van der Waals surface area contributed by atoms with Gasteiger partial charge in [0.25, 0.3) is 0 Å². The SMILES string of the molecule is CC(C)[n+]1ccnn1N. The van der Waals surface area contributed by atoms with Crippen molar-refractivity contribution in [2.24, 2.45) is 0 Å². The Kier molecular flexibility index (Phi) is 1.38. The minimum absolute atomic E-state index is 0.373. The lowest BCUT2D eigenvalue weighted by Crippen LogP contribution is -2.48. The second-order valence-corrected chi connectivity index (χ2v) is 2.21. The van der Waals surface area contributed by atoms with Gasteiger partial charge in [0.15, 0.2) is 6.20 Å². The van der Waals surface area contributed by atoms with Crippen LogP contribution in [0.2, 0.25) is 0 Å². The first-order valence-electron chi connectivity index (χ1n) is 2.92. The second kappa shape index (κ2) is 2.05. The van der Waals surface area contributed by atoms with Gasteiger partial charge in [-0.25, -0.2) is 5.84 Å². The lowest BCUT2D eigenvalue weighted by molar-refractivity contribution is -0.791. The Bertz CT molecular complexity index is 191. The zero-order valence-corrected chi connectivity index (χ0v) is 5.65. The van der Waals surface area contributed by atoms with Crippen LogP contribution in [0.1, 0.15) is 19.9 Å². The van der Waals surface area contributed by atoms with E-state index in [2.05, 4.69) is 5.10 Å². The Hall–Kier alpha value is -1.06. The highest BCUT2D eigenvalue weighted by Gasteiger charge is 2.04. The quantitative estimate of drug-likeness (QED) is 0.407. The Morgan fingerprint density at radius 3 is 2.56 bits per heavy atom. The average molecular weight is 127 g/mol. The van der Waals surface area contributed by atoms with Gasteiger partial charge >= 0.3 is 0 Å². The van der Waals surface area contributed by atoms with Crippen LogP contribution in [0.3, 0.4) is 0 Å². The van der Waals surface area contributed by atoms with Gasteiger partial charge < -0.3 is 0 Å². The highest BCUT2D eigenvalue weighted by atomic mass is 15.7. The van der Waals surface area contributed by atoms with E-state index in [1.54, 1.807) is 6.20 Å². The van der Waals surface area contributed by atoms with E-state index in [0.29, 0.717) is 6.04 Å². The molecule has 2 N–H and O–H groups in total. The van der Waals surface area contributed by atoms with Crippen molar-refractivity contribution in [1.29, 1.82) is 0 Å². The fraction of sp³-hybridized carbons (Fsp3) is 0.600. The molecule has 0 atom stereocenters. The summed E-state index contributed by atoms with van der Waals surface area (Å²) in [6.45, 7) is 4.09. The number of nitrogens with zero attached hydrogens (tertiary/aromatic N) is 3. The molecule has 4 heteroatoms. The third kappa shape index (κ3) is 1.01.